The van der Waals surface area contributed by atoms with Crippen LogP contribution in [-0.2, 0) is 16.0 Å². The van der Waals surface area contributed by atoms with Crippen molar-refractivity contribution >= 4 is 23.4 Å². The quantitative estimate of drug-likeness (QED) is 0.363. The number of benzene rings is 3. The molecule has 1 aliphatic carbocycles. The lowest BCUT2D eigenvalue weighted by molar-refractivity contribution is -0.394. The van der Waals surface area contributed by atoms with Gasteiger partial charge >= 0.3 is 12.1 Å². The molecule has 0 bridgehead atoms. The topological polar surface area (TPSA) is 162 Å². The van der Waals surface area contributed by atoms with E-state index in [0.29, 0.717) is 0 Å². The number of nitrogens with one attached hydrogen (secondary N) is 1. The highest BCUT2D eigenvalue weighted by atomic mass is 16.6. The van der Waals surface area contributed by atoms with Crippen molar-refractivity contribution in [3.8, 4) is 11.1 Å². The standard InChI is InChI=1S/C24H19N3O8/c28-23(29)21(11-14-9-10-15(26(31)32)12-22(14)27(33)34)25-24(30)35-13-20-18-7-3-1-5-16(18)17-6-2-4-8-19(17)20/h1-10,12,20-21H,11,13H2,(H,25,30)(H,28,29). The van der Waals surface area contributed by atoms with Crippen molar-refractivity contribution in [1.29, 1.82) is 0 Å². The third kappa shape index (κ3) is 4.78. The number of nitro benzene ring substituents is 2. The van der Waals surface area contributed by atoms with Gasteiger partial charge in [0.25, 0.3) is 11.4 Å². The van der Waals surface area contributed by atoms with E-state index < -0.39 is 45.7 Å². The van der Waals surface area contributed by atoms with E-state index in [0.717, 1.165) is 40.5 Å². The van der Waals surface area contributed by atoms with Crippen molar-refractivity contribution in [1.82, 2.24) is 5.32 Å². The molecule has 0 fully saturated rings. The number of nitrogens with zero attached hydrogens (tertiary/aromatic N) is 2. The van der Waals surface area contributed by atoms with Crippen molar-refractivity contribution in [3.63, 3.8) is 0 Å². The summed E-state index contributed by atoms with van der Waals surface area (Å²) < 4.78 is 5.35. The maximum absolute atomic E-state index is 12.5. The summed E-state index contributed by atoms with van der Waals surface area (Å²) >= 11 is 0. The van der Waals surface area contributed by atoms with E-state index in [-0.39, 0.29) is 18.1 Å². The Bertz CT molecular complexity index is 1290. The highest BCUT2D eigenvalue weighted by Gasteiger charge is 2.30. The van der Waals surface area contributed by atoms with E-state index in [1.54, 1.807) is 0 Å². The van der Waals surface area contributed by atoms with Crippen molar-refractivity contribution < 1.29 is 29.3 Å². The number of carbonyl (C=O) groups excluding carboxylic acids is 1. The van der Waals surface area contributed by atoms with Crippen molar-refractivity contribution in [3.05, 3.63) is 104 Å². The molecule has 3 aromatic rings. The molecule has 11 nitrogen and oxygen atoms in total. The van der Waals surface area contributed by atoms with Gasteiger partial charge in [-0.15, -0.1) is 0 Å². The summed E-state index contributed by atoms with van der Waals surface area (Å²) in [4.78, 5) is 44.8. The van der Waals surface area contributed by atoms with Crippen LogP contribution in [-0.4, -0.2) is 39.7 Å². The number of nitro groups is 2. The summed E-state index contributed by atoms with van der Waals surface area (Å²) in [7, 11) is 0. The number of carboxylic acid groups (broad SMARTS) is 1. The zero-order valence-electron chi connectivity index (χ0n) is 18.1. The van der Waals surface area contributed by atoms with E-state index in [2.05, 4.69) is 5.32 Å². The van der Waals surface area contributed by atoms with Gasteiger partial charge in [0.2, 0.25) is 0 Å². The molecule has 0 spiro atoms. The van der Waals surface area contributed by atoms with Gasteiger partial charge in [0.1, 0.15) is 12.6 Å². The smallest absolute Gasteiger partial charge is 0.407 e. The second-order valence-corrected chi connectivity index (χ2v) is 7.89. The van der Waals surface area contributed by atoms with Crippen LogP contribution in [0.3, 0.4) is 0 Å². The maximum Gasteiger partial charge on any atom is 0.407 e. The third-order valence-electron chi connectivity index (χ3n) is 5.83. The monoisotopic (exact) mass is 477 g/mol. The average Bonchev–Trinajstić information content (AvgIpc) is 3.16. The van der Waals surface area contributed by atoms with Gasteiger partial charge in [-0.1, -0.05) is 48.5 Å². The second kappa shape index (κ2) is 9.59. The number of ether oxygens (including phenoxy) is 1. The molecule has 0 saturated heterocycles. The fourth-order valence-corrected chi connectivity index (χ4v) is 4.21. The van der Waals surface area contributed by atoms with Gasteiger partial charge < -0.3 is 15.2 Å². The van der Waals surface area contributed by atoms with Crippen molar-refractivity contribution in [2.45, 2.75) is 18.4 Å². The van der Waals surface area contributed by atoms with Crippen LogP contribution in [0.4, 0.5) is 16.2 Å². The zero-order chi connectivity index (χ0) is 25.1. The van der Waals surface area contributed by atoms with Gasteiger partial charge in [0, 0.05) is 24.0 Å². The summed E-state index contributed by atoms with van der Waals surface area (Å²) in [5.74, 6) is -1.67. The van der Waals surface area contributed by atoms with Crippen LogP contribution in [0.1, 0.15) is 22.6 Å². The molecule has 0 radical (unpaired) electrons. The lowest BCUT2D eigenvalue weighted by atomic mass is 9.98. The van der Waals surface area contributed by atoms with E-state index >= 15 is 0 Å². The van der Waals surface area contributed by atoms with Gasteiger partial charge in [0.15, 0.2) is 0 Å². The lowest BCUT2D eigenvalue weighted by Crippen LogP contribution is -2.43. The molecule has 3 aromatic carbocycles. The highest BCUT2D eigenvalue weighted by Crippen LogP contribution is 2.44. The van der Waals surface area contributed by atoms with E-state index in [9.17, 15) is 34.9 Å². The molecule has 1 amide bonds. The summed E-state index contributed by atoms with van der Waals surface area (Å²) in [5.41, 5.74) is 2.84. The molecule has 0 aromatic heterocycles. The maximum atomic E-state index is 12.5. The summed E-state index contributed by atoms with van der Waals surface area (Å²) in [5, 5.41) is 34.0. The van der Waals surface area contributed by atoms with Gasteiger partial charge in [0.05, 0.1) is 15.9 Å². The predicted molar refractivity (Wildman–Crippen MR) is 123 cm³/mol. The van der Waals surface area contributed by atoms with Crippen LogP contribution in [0.2, 0.25) is 0 Å². The van der Waals surface area contributed by atoms with Crippen LogP contribution in [0.25, 0.3) is 11.1 Å². The number of aliphatic carboxylic acids is 1. The molecule has 1 unspecified atom stereocenters. The first-order valence-corrected chi connectivity index (χ1v) is 10.5. The molecule has 4 rings (SSSR count). The van der Waals surface area contributed by atoms with Crippen LogP contribution in [0.15, 0.2) is 66.7 Å². The van der Waals surface area contributed by atoms with Crippen LogP contribution >= 0.6 is 0 Å². The molecule has 35 heavy (non-hydrogen) atoms. The number of amides is 1. The van der Waals surface area contributed by atoms with E-state index in [1.807, 2.05) is 48.5 Å². The Labute approximate surface area is 198 Å². The highest BCUT2D eigenvalue weighted by molar-refractivity contribution is 5.81. The lowest BCUT2D eigenvalue weighted by Gasteiger charge is -2.17. The first-order chi connectivity index (χ1) is 16.8. The van der Waals surface area contributed by atoms with Gasteiger partial charge in [-0.05, 0) is 28.3 Å². The Hall–Kier alpha value is -4.80. The van der Waals surface area contributed by atoms with Crippen molar-refractivity contribution in [2.75, 3.05) is 6.61 Å². The van der Waals surface area contributed by atoms with Gasteiger partial charge in [-0.25, -0.2) is 9.59 Å². The molecule has 1 aliphatic rings. The molecule has 2 N–H and O–H groups in total. The largest absolute Gasteiger partial charge is 0.480 e. The number of carboxylic acids is 1. The number of fused-ring (bicyclic) bond motifs is 3. The van der Waals surface area contributed by atoms with Gasteiger partial charge in [-0.3, -0.25) is 20.2 Å². The molecule has 0 heterocycles. The molecule has 0 saturated carbocycles. The Morgan fingerprint density at radius 2 is 1.54 bits per heavy atom. The number of alkyl carbamates (subject to hydrolysis) is 1. The number of hydrogen-bond acceptors (Lipinski definition) is 7. The Kier molecular flexibility index (Phi) is 6.40. The molecule has 0 aliphatic heterocycles. The fraction of sp³-hybridized carbons (Fsp3) is 0.167. The Morgan fingerprint density at radius 1 is 0.943 bits per heavy atom. The average molecular weight is 477 g/mol. The van der Waals surface area contributed by atoms with E-state index in [4.69, 9.17) is 4.74 Å². The number of non-ortho nitro benzene ring substituents is 1. The minimum atomic E-state index is -1.55. The number of rotatable bonds is 8. The first-order valence-electron chi connectivity index (χ1n) is 10.5. The summed E-state index contributed by atoms with van der Waals surface area (Å²) in [6.07, 6.45) is -1.46. The van der Waals surface area contributed by atoms with Crippen LogP contribution in [0, 0.1) is 20.2 Å². The zero-order valence-corrected chi connectivity index (χ0v) is 18.1. The second-order valence-electron chi connectivity index (χ2n) is 7.89. The minimum Gasteiger partial charge on any atom is -0.480 e. The molecule has 1 atom stereocenters. The molecular formula is C24H19N3O8. The van der Waals surface area contributed by atoms with Gasteiger partial charge in [-0.2, -0.15) is 0 Å². The van der Waals surface area contributed by atoms with Crippen molar-refractivity contribution in [2.24, 2.45) is 0 Å². The number of carbonyl (C=O) groups is 2. The molecule has 178 valence electrons. The number of hydrogen-bond donors (Lipinski definition) is 2. The third-order valence-corrected chi connectivity index (χ3v) is 5.83. The normalized spacial score (nSPS) is 12.8. The first kappa shape index (κ1) is 23.4. The summed E-state index contributed by atoms with van der Waals surface area (Å²) in [6, 6.07) is 16.8. The van der Waals surface area contributed by atoms with Crippen LogP contribution < -0.4 is 5.32 Å². The SMILES string of the molecule is O=C(NC(Cc1ccc([N+](=O)[O-])cc1[N+](=O)[O-])C(=O)O)OCC1c2ccccc2-c2ccccc21. The molecule has 11 heteroatoms. The Balaban J connectivity index is 1.47. The van der Waals surface area contributed by atoms with Crippen LogP contribution in [0.5, 0.6) is 0 Å². The fourth-order valence-electron chi connectivity index (χ4n) is 4.21. The Morgan fingerprint density at radius 3 is 2.09 bits per heavy atom. The van der Waals surface area contributed by atoms with E-state index in [1.165, 1.54) is 0 Å². The predicted octanol–water partition coefficient (Wildman–Crippen LogP) is 4.04. The summed E-state index contributed by atoms with van der Waals surface area (Å²) in [6.45, 7) is -0.0378. The molecular weight excluding hydrogens is 458 g/mol. The minimum absolute atomic E-state index is 0.0378.